The first-order chi connectivity index (χ1) is 9.95. The highest BCUT2D eigenvalue weighted by Gasteiger charge is 2.20. The molecule has 0 bridgehead atoms. The molecule has 1 aromatic rings. The first kappa shape index (κ1) is 17.0. The second kappa shape index (κ2) is 8.29. The predicted molar refractivity (Wildman–Crippen MR) is 82.4 cm³/mol. The van der Waals surface area contributed by atoms with Crippen LogP contribution in [0.4, 0.5) is 4.79 Å². The van der Waals surface area contributed by atoms with Crippen LogP contribution in [0.2, 0.25) is 0 Å². The highest BCUT2D eigenvalue weighted by molar-refractivity contribution is 5.75. The molecule has 5 nitrogen and oxygen atoms in total. The summed E-state index contributed by atoms with van der Waals surface area (Å²) in [5.41, 5.74) is 2.41. The standard InChI is InChI=1S/C16H24N2O3/c1-4-18(13(3)11-15(19)20)16(21)17-10-9-14-8-6-5-7-12(14)2/h5-8,13H,4,9-11H2,1-3H3,(H,17,21)(H,19,20). The van der Waals surface area contributed by atoms with Crippen molar-refractivity contribution in [1.29, 1.82) is 0 Å². The monoisotopic (exact) mass is 292 g/mol. The molecule has 0 aliphatic rings. The number of carboxylic acids is 1. The van der Waals surface area contributed by atoms with Gasteiger partial charge >= 0.3 is 12.0 Å². The Morgan fingerprint density at radius 3 is 2.57 bits per heavy atom. The molecule has 1 atom stereocenters. The van der Waals surface area contributed by atoms with Crippen LogP contribution in [-0.4, -0.2) is 41.1 Å². The molecule has 5 heteroatoms. The molecule has 0 radical (unpaired) electrons. The van der Waals surface area contributed by atoms with E-state index in [1.807, 2.05) is 38.1 Å². The summed E-state index contributed by atoms with van der Waals surface area (Å²) < 4.78 is 0. The molecule has 21 heavy (non-hydrogen) atoms. The maximum absolute atomic E-state index is 12.1. The lowest BCUT2D eigenvalue weighted by atomic mass is 10.1. The summed E-state index contributed by atoms with van der Waals surface area (Å²) in [6, 6.07) is 7.54. The first-order valence-electron chi connectivity index (χ1n) is 7.26. The van der Waals surface area contributed by atoms with Gasteiger partial charge in [0.15, 0.2) is 0 Å². The van der Waals surface area contributed by atoms with Gasteiger partial charge in [-0.3, -0.25) is 4.79 Å². The highest BCUT2D eigenvalue weighted by atomic mass is 16.4. The van der Waals surface area contributed by atoms with Gasteiger partial charge in [-0.25, -0.2) is 4.79 Å². The van der Waals surface area contributed by atoms with E-state index in [9.17, 15) is 9.59 Å². The minimum Gasteiger partial charge on any atom is -0.481 e. The van der Waals surface area contributed by atoms with Crippen LogP contribution in [0.15, 0.2) is 24.3 Å². The maximum atomic E-state index is 12.1. The predicted octanol–water partition coefficient (Wildman–Crippen LogP) is 2.43. The van der Waals surface area contributed by atoms with Crippen LogP contribution < -0.4 is 5.32 Å². The molecule has 0 heterocycles. The molecule has 0 aliphatic carbocycles. The van der Waals surface area contributed by atoms with E-state index < -0.39 is 5.97 Å². The van der Waals surface area contributed by atoms with Crippen molar-refractivity contribution in [2.45, 2.75) is 39.7 Å². The fourth-order valence-corrected chi connectivity index (χ4v) is 2.31. The number of nitrogens with one attached hydrogen (secondary N) is 1. The van der Waals surface area contributed by atoms with Crippen molar-refractivity contribution < 1.29 is 14.7 Å². The van der Waals surface area contributed by atoms with Crippen molar-refractivity contribution in [2.75, 3.05) is 13.1 Å². The Morgan fingerprint density at radius 2 is 2.00 bits per heavy atom. The van der Waals surface area contributed by atoms with Crippen LogP contribution in [0.25, 0.3) is 0 Å². The average molecular weight is 292 g/mol. The molecule has 1 aromatic carbocycles. The summed E-state index contributed by atoms with van der Waals surface area (Å²) in [5.74, 6) is -0.895. The number of carboxylic acid groups (broad SMARTS) is 1. The van der Waals surface area contributed by atoms with Gasteiger partial charge in [0.25, 0.3) is 0 Å². The molecule has 1 unspecified atom stereocenters. The molecule has 116 valence electrons. The lowest BCUT2D eigenvalue weighted by molar-refractivity contribution is -0.138. The van der Waals surface area contributed by atoms with E-state index >= 15 is 0 Å². The molecule has 2 N–H and O–H groups in total. The topological polar surface area (TPSA) is 69.6 Å². The van der Waals surface area contributed by atoms with Crippen molar-refractivity contribution in [1.82, 2.24) is 10.2 Å². The number of benzene rings is 1. The largest absolute Gasteiger partial charge is 0.481 e. The Balaban J connectivity index is 2.48. The summed E-state index contributed by atoms with van der Waals surface area (Å²) in [5, 5.41) is 11.7. The Bertz CT molecular complexity index is 488. The van der Waals surface area contributed by atoms with Crippen molar-refractivity contribution in [3.8, 4) is 0 Å². The minimum atomic E-state index is -0.895. The fourth-order valence-electron chi connectivity index (χ4n) is 2.31. The van der Waals surface area contributed by atoms with Crippen molar-refractivity contribution in [3.05, 3.63) is 35.4 Å². The average Bonchev–Trinajstić information content (AvgIpc) is 2.41. The highest BCUT2D eigenvalue weighted by Crippen LogP contribution is 2.08. The van der Waals surface area contributed by atoms with Gasteiger partial charge in [0.2, 0.25) is 0 Å². The van der Waals surface area contributed by atoms with Gasteiger partial charge in [-0.2, -0.15) is 0 Å². The number of nitrogens with zero attached hydrogens (tertiary/aromatic N) is 1. The zero-order valence-corrected chi connectivity index (χ0v) is 12.9. The summed E-state index contributed by atoms with van der Waals surface area (Å²) in [7, 11) is 0. The molecule has 0 aromatic heterocycles. The molecule has 0 saturated carbocycles. The Morgan fingerprint density at radius 1 is 1.33 bits per heavy atom. The third kappa shape index (κ3) is 5.45. The zero-order chi connectivity index (χ0) is 15.8. The van der Waals surface area contributed by atoms with E-state index in [4.69, 9.17) is 5.11 Å². The van der Waals surface area contributed by atoms with Gasteiger partial charge in [-0.1, -0.05) is 24.3 Å². The van der Waals surface area contributed by atoms with Crippen LogP contribution in [0.1, 0.15) is 31.4 Å². The normalized spacial score (nSPS) is 11.8. The van der Waals surface area contributed by atoms with Crippen LogP contribution >= 0.6 is 0 Å². The summed E-state index contributed by atoms with van der Waals surface area (Å²) >= 11 is 0. The molecule has 0 spiro atoms. The number of hydrogen-bond acceptors (Lipinski definition) is 2. The third-order valence-corrected chi connectivity index (χ3v) is 3.54. The van der Waals surface area contributed by atoms with E-state index in [0.29, 0.717) is 13.1 Å². The van der Waals surface area contributed by atoms with Gasteiger partial charge in [-0.15, -0.1) is 0 Å². The first-order valence-corrected chi connectivity index (χ1v) is 7.26. The number of urea groups is 1. The maximum Gasteiger partial charge on any atom is 0.317 e. The van der Waals surface area contributed by atoms with Gasteiger partial charge in [0.1, 0.15) is 0 Å². The lowest BCUT2D eigenvalue weighted by Crippen LogP contribution is -2.46. The number of aryl methyl sites for hydroxylation is 1. The van der Waals surface area contributed by atoms with Crippen LogP contribution in [0.3, 0.4) is 0 Å². The van der Waals surface area contributed by atoms with E-state index in [1.165, 1.54) is 11.1 Å². The Kier molecular flexibility index (Phi) is 6.72. The SMILES string of the molecule is CCN(C(=O)NCCc1ccccc1C)C(C)CC(=O)O. The number of aliphatic carboxylic acids is 1. The molecule has 0 aliphatic heterocycles. The van der Waals surface area contributed by atoms with E-state index in [2.05, 4.69) is 5.32 Å². The summed E-state index contributed by atoms with van der Waals surface area (Å²) in [6.45, 7) is 6.67. The van der Waals surface area contributed by atoms with Gasteiger partial charge in [0.05, 0.1) is 6.42 Å². The third-order valence-electron chi connectivity index (χ3n) is 3.54. The zero-order valence-electron chi connectivity index (χ0n) is 12.9. The second-order valence-corrected chi connectivity index (χ2v) is 5.14. The summed E-state index contributed by atoms with van der Waals surface area (Å²) in [6.07, 6.45) is 0.725. The molecule has 0 saturated heterocycles. The molecule has 2 amide bonds. The lowest BCUT2D eigenvalue weighted by Gasteiger charge is -2.27. The van der Waals surface area contributed by atoms with E-state index in [0.717, 1.165) is 6.42 Å². The van der Waals surface area contributed by atoms with E-state index in [-0.39, 0.29) is 18.5 Å². The molecular weight excluding hydrogens is 268 g/mol. The van der Waals surface area contributed by atoms with Gasteiger partial charge in [-0.05, 0) is 38.3 Å². The number of carbonyl (C=O) groups is 2. The number of amides is 2. The van der Waals surface area contributed by atoms with Crippen molar-refractivity contribution >= 4 is 12.0 Å². The van der Waals surface area contributed by atoms with Crippen LogP contribution in [-0.2, 0) is 11.2 Å². The molecule has 0 fully saturated rings. The fraction of sp³-hybridized carbons (Fsp3) is 0.500. The number of rotatable bonds is 7. The number of hydrogen-bond donors (Lipinski definition) is 2. The smallest absolute Gasteiger partial charge is 0.317 e. The van der Waals surface area contributed by atoms with Gasteiger partial charge in [0, 0.05) is 19.1 Å². The Hall–Kier alpha value is -2.04. The van der Waals surface area contributed by atoms with Crippen LogP contribution in [0, 0.1) is 6.92 Å². The van der Waals surface area contributed by atoms with E-state index in [1.54, 1.807) is 11.8 Å². The quantitative estimate of drug-likeness (QED) is 0.811. The minimum absolute atomic E-state index is 0.0426. The van der Waals surface area contributed by atoms with Crippen molar-refractivity contribution in [2.24, 2.45) is 0 Å². The van der Waals surface area contributed by atoms with Crippen LogP contribution in [0.5, 0.6) is 0 Å². The van der Waals surface area contributed by atoms with Gasteiger partial charge < -0.3 is 15.3 Å². The van der Waals surface area contributed by atoms with Crippen molar-refractivity contribution in [3.63, 3.8) is 0 Å². The Labute approximate surface area is 126 Å². The molecular formula is C16H24N2O3. The second-order valence-electron chi connectivity index (χ2n) is 5.14. The number of carbonyl (C=O) groups excluding carboxylic acids is 1. The summed E-state index contributed by atoms with van der Waals surface area (Å²) in [4.78, 5) is 24.4. The molecule has 1 rings (SSSR count).